The highest BCUT2D eigenvalue weighted by molar-refractivity contribution is 6.05. The maximum atomic E-state index is 13.0. The molecule has 7 nitrogen and oxygen atoms in total. The van der Waals surface area contributed by atoms with E-state index in [9.17, 15) is 4.79 Å². The first kappa shape index (κ1) is 18.7. The molecular weight excluding hydrogens is 354 g/mol. The number of aliphatic imine (C=N–C) groups is 1. The van der Waals surface area contributed by atoms with Crippen LogP contribution in [-0.4, -0.2) is 60.1 Å². The minimum atomic E-state index is -0.381. The molecule has 4 rings (SSSR count). The molecule has 0 saturated carbocycles. The lowest BCUT2D eigenvalue weighted by Crippen LogP contribution is -2.55. The van der Waals surface area contributed by atoms with E-state index in [1.165, 1.54) is 5.56 Å². The topological polar surface area (TPSA) is 70.9 Å². The molecule has 2 aliphatic rings. The number of anilines is 1. The van der Waals surface area contributed by atoms with E-state index in [2.05, 4.69) is 22.8 Å². The van der Waals surface area contributed by atoms with Gasteiger partial charge in [-0.05, 0) is 30.2 Å². The van der Waals surface area contributed by atoms with E-state index in [1.807, 2.05) is 47.0 Å². The third-order valence-corrected chi connectivity index (χ3v) is 5.63. The lowest BCUT2D eigenvalue weighted by Gasteiger charge is -2.30. The summed E-state index contributed by atoms with van der Waals surface area (Å²) in [7, 11) is 3.58. The number of carbonyl (C=O) groups excluding carboxylic acids is 1. The van der Waals surface area contributed by atoms with Crippen LogP contribution in [-0.2, 0) is 18.3 Å². The van der Waals surface area contributed by atoms with E-state index in [0.717, 1.165) is 24.5 Å². The minimum absolute atomic E-state index is 0.0594. The van der Waals surface area contributed by atoms with E-state index >= 15 is 0 Å². The second kappa shape index (κ2) is 7.77. The van der Waals surface area contributed by atoms with Crippen LogP contribution in [0.25, 0.3) is 0 Å². The van der Waals surface area contributed by atoms with Crippen molar-refractivity contribution in [3.05, 3.63) is 53.9 Å². The minimum Gasteiger partial charge on any atom is -0.383 e. The van der Waals surface area contributed by atoms with Crippen molar-refractivity contribution >= 4 is 17.4 Å². The van der Waals surface area contributed by atoms with E-state index in [4.69, 9.17) is 9.73 Å². The number of benzene rings is 1. The summed E-state index contributed by atoms with van der Waals surface area (Å²) in [6.07, 6.45) is 2.72. The second-order valence-electron chi connectivity index (χ2n) is 7.42. The van der Waals surface area contributed by atoms with Gasteiger partial charge in [0.15, 0.2) is 0 Å². The van der Waals surface area contributed by atoms with Crippen LogP contribution in [0.3, 0.4) is 0 Å². The Kier molecular flexibility index (Phi) is 5.19. The van der Waals surface area contributed by atoms with Gasteiger partial charge in [-0.25, -0.2) is 0 Å². The quantitative estimate of drug-likeness (QED) is 0.794. The maximum Gasteiger partial charge on any atom is 0.270 e. The average molecular weight is 381 g/mol. The zero-order valence-corrected chi connectivity index (χ0v) is 16.4. The molecule has 1 aromatic heterocycles. The first-order valence-corrected chi connectivity index (χ1v) is 9.67. The van der Waals surface area contributed by atoms with Gasteiger partial charge in [0.05, 0.1) is 18.7 Å². The number of aromatic nitrogens is 1. The molecule has 1 atom stereocenters. The Balaban J connectivity index is 1.61. The van der Waals surface area contributed by atoms with Gasteiger partial charge in [0, 0.05) is 45.7 Å². The number of aryl methyl sites for hydroxylation is 1. The smallest absolute Gasteiger partial charge is 0.270 e. The Hall–Kier alpha value is -2.64. The highest BCUT2D eigenvalue weighted by Gasteiger charge is 2.45. The molecule has 1 fully saturated rings. The van der Waals surface area contributed by atoms with Crippen LogP contribution in [0.1, 0.15) is 22.5 Å². The summed E-state index contributed by atoms with van der Waals surface area (Å²) in [5.74, 6) is 0.945. The standard InChI is InChI=1S/C21H27N5O2/c1-25-11-5-8-18(25)19(27)26-12-9-21(15-26)20(22-10-13-28-2)24-17-7-4-3-6-16(17)14-23-21/h3-8,11,23H,9-10,12-15H2,1-2H3,(H,22,24). The van der Waals surface area contributed by atoms with Gasteiger partial charge in [-0.2, -0.15) is 0 Å². The SMILES string of the molecule is COCCN=C1Nc2ccccc2CNC12CCN(C(=O)c1cccn1C)C2. The number of amides is 1. The Bertz CT molecular complexity index is 890. The lowest BCUT2D eigenvalue weighted by atomic mass is 9.96. The molecule has 2 aliphatic heterocycles. The molecule has 0 bridgehead atoms. The molecule has 28 heavy (non-hydrogen) atoms. The van der Waals surface area contributed by atoms with Crippen molar-refractivity contribution in [3.8, 4) is 0 Å². The van der Waals surface area contributed by atoms with Crippen LogP contribution in [0.5, 0.6) is 0 Å². The van der Waals surface area contributed by atoms with Gasteiger partial charge in [-0.15, -0.1) is 0 Å². The van der Waals surface area contributed by atoms with Gasteiger partial charge >= 0.3 is 0 Å². The summed E-state index contributed by atoms with van der Waals surface area (Å²) in [5, 5.41) is 7.25. The third kappa shape index (κ3) is 3.43. The number of hydrogen-bond acceptors (Lipinski definition) is 4. The van der Waals surface area contributed by atoms with Crippen molar-refractivity contribution in [3.63, 3.8) is 0 Å². The highest BCUT2D eigenvalue weighted by Crippen LogP contribution is 2.30. The zero-order valence-electron chi connectivity index (χ0n) is 16.4. The van der Waals surface area contributed by atoms with E-state index in [-0.39, 0.29) is 11.4 Å². The number of fused-ring (bicyclic) bond motifs is 1. The predicted octanol–water partition coefficient (Wildman–Crippen LogP) is 1.87. The number of ether oxygens (including phenoxy) is 1. The summed E-state index contributed by atoms with van der Waals surface area (Å²) in [5.41, 5.74) is 2.59. The van der Waals surface area contributed by atoms with Gasteiger partial charge in [0.2, 0.25) is 0 Å². The molecule has 1 spiro atoms. The van der Waals surface area contributed by atoms with Gasteiger partial charge < -0.3 is 19.5 Å². The molecule has 1 aromatic carbocycles. The average Bonchev–Trinajstić information content (AvgIpc) is 3.29. The second-order valence-corrected chi connectivity index (χ2v) is 7.42. The summed E-state index contributed by atoms with van der Waals surface area (Å²) < 4.78 is 7.05. The van der Waals surface area contributed by atoms with E-state index < -0.39 is 0 Å². The first-order valence-electron chi connectivity index (χ1n) is 9.67. The summed E-state index contributed by atoms with van der Waals surface area (Å²) in [4.78, 5) is 19.8. The molecule has 7 heteroatoms. The van der Waals surface area contributed by atoms with Crippen LogP contribution in [0.4, 0.5) is 5.69 Å². The number of rotatable bonds is 4. The zero-order chi connectivity index (χ0) is 19.6. The van der Waals surface area contributed by atoms with Crippen molar-refractivity contribution < 1.29 is 9.53 Å². The van der Waals surface area contributed by atoms with E-state index in [1.54, 1.807) is 7.11 Å². The van der Waals surface area contributed by atoms with Crippen molar-refractivity contribution in [1.29, 1.82) is 0 Å². The summed E-state index contributed by atoms with van der Waals surface area (Å²) in [6.45, 7) is 3.16. The fourth-order valence-electron chi connectivity index (χ4n) is 4.00. The highest BCUT2D eigenvalue weighted by atomic mass is 16.5. The number of nitrogens with one attached hydrogen (secondary N) is 2. The normalized spacial score (nSPS) is 22.9. The molecule has 1 amide bonds. The number of hydrogen-bond donors (Lipinski definition) is 2. The van der Waals surface area contributed by atoms with Gasteiger partial charge in [-0.1, -0.05) is 18.2 Å². The van der Waals surface area contributed by atoms with Gasteiger partial charge in [0.1, 0.15) is 11.5 Å². The Morgan fingerprint density at radius 2 is 2.14 bits per heavy atom. The summed E-state index contributed by atoms with van der Waals surface area (Å²) >= 11 is 0. The number of para-hydroxylation sites is 1. The summed E-state index contributed by atoms with van der Waals surface area (Å²) in [6, 6.07) is 12.0. The Morgan fingerprint density at radius 3 is 2.93 bits per heavy atom. The number of carbonyl (C=O) groups is 1. The first-order chi connectivity index (χ1) is 13.6. The van der Waals surface area contributed by atoms with Crippen molar-refractivity contribution in [2.24, 2.45) is 12.0 Å². The van der Waals surface area contributed by atoms with Crippen LogP contribution < -0.4 is 10.6 Å². The van der Waals surface area contributed by atoms with Gasteiger partial charge in [0.25, 0.3) is 5.91 Å². The predicted molar refractivity (Wildman–Crippen MR) is 110 cm³/mol. The molecular formula is C21H27N5O2. The largest absolute Gasteiger partial charge is 0.383 e. The number of likely N-dealkylation sites (tertiary alicyclic amines) is 1. The van der Waals surface area contributed by atoms with Crippen LogP contribution >= 0.6 is 0 Å². The lowest BCUT2D eigenvalue weighted by molar-refractivity contribution is 0.0776. The third-order valence-electron chi connectivity index (χ3n) is 5.63. The Morgan fingerprint density at radius 1 is 1.29 bits per heavy atom. The molecule has 0 radical (unpaired) electrons. The monoisotopic (exact) mass is 381 g/mol. The van der Waals surface area contributed by atoms with Crippen LogP contribution in [0.15, 0.2) is 47.6 Å². The fourth-order valence-corrected chi connectivity index (χ4v) is 4.00. The van der Waals surface area contributed by atoms with E-state index in [0.29, 0.717) is 31.9 Å². The molecule has 0 aliphatic carbocycles. The molecule has 148 valence electrons. The van der Waals surface area contributed by atoms with Crippen LogP contribution in [0.2, 0.25) is 0 Å². The van der Waals surface area contributed by atoms with Gasteiger partial charge in [-0.3, -0.25) is 15.1 Å². The number of methoxy groups -OCH3 is 1. The number of nitrogens with zero attached hydrogens (tertiary/aromatic N) is 3. The Labute approximate surface area is 165 Å². The fraction of sp³-hybridized carbons (Fsp3) is 0.429. The molecule has 3 heterocycles. The molecule has 1 saturated heterocycles. The molecule has 2 N–H and O–H groups in total. The molecule has 2 aromatic rings. The van der Waals surface area contributed by atoms with Crippen molar-refractivity contribution in [1.82, 2.24) is 14.8 Å². The van der Waals surface area contributed by atoms with Crippen molar-refractivity contribution in [2.75, 3.05) is 38.7 Å². The van der Waals surface area contributed by atoms with Crippen LogP contribution in [0, 0.1) is 0 Å². The maximum absolute atomic E-state index is 13.0. The van der Waals surface area contributed by atoms with Crippen molar-refractivity contribution in [2.45, 2.75) is 18.5 Å². The number of amidine groups is 1. The molecule has 1 unspecified atom stereocenters.